The third-order valence-electron chi connectivity index (χ3n) is 3.01. The molecule has 1 aromatic rings. The van der Waals surface area contributed by atoms with E-state index in [0.29, 0.717) is 17.9 Å². The molecule has 1 N–H and O–H groups in total. The van der Waals surface area contributed by atoms with Crippen LogP contribution in [0.5, 0.6) is 0 Å². The second kappa shape index (κ2) is 7.87. The summed E-state index contributed by atoms with van der Waals surface area (Å²) in [5, 5.41) is 6.96. The molecule has 0 spiro atoms. The number of ether oxygens (including phenoxy) is 1. The van der Waals surface area contributed by atoms with Gasteiger partial charge in [-0.25, -0.2) is 4.98 Å². The van der Waals surface area contributed by atoms with Crippen LogP contribution in [-0.2, 0) is 4.74 Å². The van der Waals surface area contributed by atoms with Crippen LogP contribution in [0.4, 0.5) is 0 Å². The zero-order valence-corrected chi connectivity index (χ0v) is 13.0. The van der Waals surface area contributed by atoms with Gasteiger partial charge in [-0.15, -0.1) is 11.3 Å². The number of thiazole rings is 1. The van der Waals surface area contributed by atoms with Crippen LogP contribution in [0.15, 0.2) is 5.38 Å². The largest absolute Gasteiger partial charge is 0.384 e. The van der Waals surface area contributed by atoms with E-state index >= 15 is 0 Å². The lowest BCUT2D eigenvalue weighted by Crippen LogP contribution is -2.29. The van der Waals surface area contributed by atoms with Crippen LogP contribution < -0.4 is 5.32 Å². The molecule has 0 bridgehead atoms. The summed E-state index contributed by atoms with van der Waals surface area (Å²) in [6.45, 7) is 10.6. The van der Waals surface area contributed by atoms with Gasteiger partial charge in [0.1, 0.15) is 5.01 Å². The lowest BCUT2D eigenvalue weighted by atomic mass is 10.0. The molecule has 18 heavy (non-hydrogen) atoms. The number of rotatable bonds is 8. The summed E-state index contributed by atoms with van der Waals surface area (Å²) in [4.78, 5) is 4.77. The van der Waals surface area contributed by atoms with Crippen molar-refractivity contribution in [1.29, 1.82) is 0 Å². The maximum Gasteiger partial charge on any atom is 0.110 e. The number of aromatic nitrogens is 1. The topological polar surface area (TPSA) is 34.2 Å². The smallest absolute Gasteiger partial charge is 0.110 e. The van der Waals surface area contributed by atoms with E-state index in [1.807, 2.05) is 0 Å². The van der Waals surface area contributed by atoms with Crippen molar-refractivity contribution in [3.05, 3.63) is 16.1 Å². The highest BCUT2D eigenvalue weighted by molar-refractivity contribution is 7.09. The Kier molecular flexibility index (Phi) is 6.82. The van der Waals surface area contributed by atoms with E-state index in [4.69, 9.17) is 9.72 Å². The minimum Gasteiger partial charge on any atom is -0.384 e. The Morgan fingerprint density at radius 1 is 1.39 bits per heavy atom. The van der Waals surface area contributed by atoms with Gasteiger partial charge in [-0.3, -0.25) is 0 Å². The second-order valence-electron chi connectivity index (χ2n) is 5.13. The minimum absolute atomic E-state index is 0.308. The van der Waals surface area contributed by atoms with Crippen molar-refractivity contribution in [2.75, 3.05) is 20.3 Å². The Morgan fingerprint density at radius 3 is 2.61 bits per heavy atom. The molecule has 1 rings (SSSR count). The van der Waals surface area contributed by atoms with Gasteiger partial charge in [-0.1, -0.05) is 27.7 Å². The summed E-state index contributed by atoms with van der Waals surface area (Å²) in [5.74, 6) is 0.937. The molecule has 0 fully saturated rings. The number of hydrogen-bond donors (Lipinski definition) is 1. The molecule has 0 amide bonds. The maximum atomic E-state index is 5.28. The molecule has 2 unspecified atom stereocenters. The molecule has 0 aliphatic heterocycles. The highest BCUT2D eigenvalue weighted by Crippen LogP contribution is 2.27. The van der Waals surface area contributed by atoms with Crippen molar-refractivity contribution in [1.82, 2.24) is 10.3 Å². The highest BCUT2D eigenvalue weighted by Gasteiger charge is 2.22. The Labute approximate surface area is 115 Å². The van der Waals surface area contributed by atoms with Crippen LogP contribution in [-0.4, -0.2) is 25.2 Å². The molecule has 2 atom stereocenters. The molecule has 3 nitrogen and oxygen atoms in total. The maximum absolute atomic E-state index is 5.28. The summed E-state index contributed by atoms with van der Waals surface area (Å²) < 4.78 is 5.28. The lowest BCUT2D eigenvalue weighted by Gasteiger charge is -2.22. The molecule has 0 aliphatic rings. The van der Waals surface area contributed by atoms with Crippen molar-refractivity contribution in [3.8, 4) is 0 Å². The fraction of sp³-hybridized carbons (Fsp3) is 0.786. The zero-order chi connectivity index (χ0) is 13.5. The predicted octanol–water partition coefficient (Wildman–Crippen LogP) is 3.59. The SMILES string of the molecule is CCCNC(c1nc(C(C)C)cs1)C(C)COC. The van der Waals surface area contributed by atoms with Gasteiger partial charge in [0.25, 0.3) is 0 Å². The molecule has 0 saturated carbocycles. The van der Waals surface area contributed by atoms with Gasteiger partial charge in [0.2, 0.25) is 0 Å². The number of nitrogens with one attached hydrogen (secondary N) is 1. The molecule has 0 saturated heterocycles. The molecule has 0 aliphatic carbocycles. The first kappa shape index (κ1) is 15.6. The molecule has 0 aromatic carbocycles. The van der Waals surface area contributed by atoms with E-state index in [-0.39, 0.29) is 0 Å². The van der Waals surface area contributed by atoms with Gasteiger partial charge in [0.05, 0.1) is 18.3 Å². The van der Waals surface area contributed by atoms with Gasteiger partial charge in [0, 0.05) is 18.4 Å². The Balaban J connectivity index is 2.79. The van der Waals surface area contributed by atoms with E-state index in [9.17, 15) is 0 Å². The van der Waals surface area contributed by atoms with Crippen LogP contribution >= 0.6 is 11.3 Å². The van der Waals surface area contributed by atoms with Crippen LogP contribution in [0.2, 0.25) is 0 Å². The fourth-order valence-electron chi connectivity index (χ4n) is 1.90. The molecular formula is C14H26N2OS. The van der Waals surface area contributed by atoms with E-state index < -0.39 is 0 Å². The standard InChI is InChI=1S/C14H26N2OS/c1-6-7-15-13(11(4)8-17-5)14-16-12(9-18-14)10(2)3/h9-11,13,15H,6-8H2,1-5H3. The Bertz CT molecular complexity index is 338. The summed E-state index contributed by atoms with van der Waals surface area (Å²) in [5.41, 5.74) is 1.20. The van der Waals surface area contributed by atoms with Gasteiger partial charge in [-0.05, 0) is 18.9 Å². The summed E-state index contributed by atoms with van der Waals surface area (Å²) >= 11 is 1.76. The van der Waals surface area contributed by atoms with Gasteiger partial charge < -0.3 is 10.1 Å². The summed E-state index contributed by atoms with van der Waals surface area (Å²) in [6.07, 6.45) is 1.14. The molecule has 4 heteroatoms. The predicted molar refractivity (Wildman–Crippen MR) is 78.3 cm³/mol. The first-order chi connectivity index (χ1) is 8.60. The summed E-state index contributed by atoms with van der Waals surface area (Å²) in [7, 11) is 1.76. The van der Waals surface area contributed by atoms with E-state index in [1.54, 1.807) is 18.4 Å². The third-order valence-corrected chi connectivity index (χ3v) is 3.96. The van der Waals surface area contributed by atoms with Gasteiger partial charge >= 0.3 is 0 Å². The fourth-order valence-corrected chi connectivity index (χ4v) is 3.09. The first-order valence-corrected chi connectivity index (χ1v) is 7.65. The third kappa shape index (κ3) is 4.34. The Morgan fingerprint density at radius 2 is 2.11 bits per heavy atom. The number of methoxy groups -OCH3 is 1. The highest BCUT2D eigenvalue weighted by atomic mass is 32.1. The van der Waals surface area contributed by atoms with Crippen molar-refractivity contribution < 1.29 is 4.74 Å². The lowest BCUT2D eigenvalue weighted by molar-refractivity contribution is 0.139. The van der Waals surface area contributed by atoms with Crippen LogP contribution in [0.25, 0.3) is 0 Å². The van der Waals surface area contributed by atoms with Crippen molar-refractivity contribution in [3.63, 3.8) is 0 Å². The van der Waals surface area contributed by atoms with E-state index in [0.717, 1.165) is 19.6 Å². The van der Waals surface area contributed by atoms with Crippen molar-refractivity contribution >= 4 is 11.3 Å². The summed E-state index contributed by atoms with van der Waals surface area (Å²) in [6, 6.07) is 0.308. The van der Waals surface area contributed by atoms with Crippen LogP contribution in [0, 0.1) is 5.92 Å². The molecule has 1 aromatic heterocycles. The second-order valence-corrected chi connectivity index (χ2v) is 6.02. The Hall–Kier alpha value is -0.450. The van der Waals surface area contributed by atoms with Crippen molar-refractivity contribution in [2.24, 2.45) is 5.92 Å². The zero-order valence-electron chi connectivity index (χ0n) is 12.2. The number of nitrogens with zero attached hydrogens (tertiary/aromatic N) is 1. The number of hydrogen-bond acceptors (Lipinski definition) is 4. The van der Waals surface area contributed by atoms with Gasteiger partial charge in [0.15, 0.2) is 0 Å². The average Bonchev–Trinajstić information content (AvgIpc) is 2.79. The molecule has 1 heterocycles. The van der Waals surface area contributed by atoms with Crippen LogP contribution in [0.1, 0.15) is 56.8 Å². The molecule has 104 valence electrons. The molecular weight excluding hydrogens is 244 g/mol. The van der Waals surface area contributed by atoms with Gasteiger partial charge in [-0.2, -0.15) is 0 Å². The normalized spacial score (nSPS) is 15.0. The van der Waals surface area contributed by atoms with E-state index in [2.05, 4.69) is 38.4 Å². The quantitative estimate of drug-likeness (QED) is 0.784. The average molecular weight is 270 g/mol. The molecule has 0 radical (unpaired) electrons. The first-order valence-electron chi connectivity index (χ1n) is 6.77. The van der Waals surface area contributed by atoms with E-state index in [1.165, 1.54) is 10.7 Å². The monoisotopic (exact) mass is 270 g/mol. The van der Waals surface area contributed by atoms with Crippen LogP contribution in [0.3, 0.4) is 0 Å². The van der Waals surface area contributed by atoms with Crippen molar-refractivity contribution in [2.45, 2.75) is 46.1 Å². The minimum atomic E-state index is 0.308.